The van der Waals surface area contributed by atoms with Crippen LogP contribution in [0, 0.1) is 0 Å². The van der Waals surface area contributed by atoms with Crippen LogP contribution in [0.1, 0.15) is 11.1 Å². The lowest BCUT2D eigenvalue weighted by molar-refractivity contribution is -0.137. The van der Waals surface area contributed by atoms with Gasteiger partial charge in [0.25, 0.3) is 0 Å². The Bertz CT molecular complexity index is 630. The summed E-state index contributed by atoms with van der Waals surface area (Å²) in [5.74, 6) is -0.111. The van der Waals surface area contributed by atoms with Gasteiger partial charge < -0.3 is 15.2 Å². The first-order chi connectivity index (χ1) is 9.88. The number of nitrogens with zero attached hydrogens (tertiary/aromatic N) is 1. The van der Waals surface area contributed by atoms with Crippen LogP contribution in [0.2, 0.25) is 0 Å². The average molecular weight is 298 g/mol. The molecule has 0 saturated heterocycles. The average Bonchev–Trinajstić information content (AvgIpc) is 2.38. The molecule has 21 heavy (non-hydrogen) atoms. The highest BCUT2D eigenvalue weighted by Crippen LogP contribution is 2.33. The van der Waals surface area contributed by atoms with Gasteiger partial charge in [-0.25, -0.2) is 0 Å². The molecule has 0 aliphatic heterocycles. The fraction of sp³-hybridized carbons (Fsp3) is 0.214. The molecule has 0 spiro atoms. The third-order valence-corrected chi connectivity index (χ3v) is 2.58. The molecule has 0 bridgehead atoms. The van der Waals surface area contributed by atoms with Crippen LogP contribution in [-0.2, 0) is 17.5 Å². The predicted octanol–water partition coefficient (Wildman–Crippen LogP) is 3.62. The summed E-state index contributed by atoms with van der Waals surface area (Å²) in [6.45, 7) is 0.370. The van der Waals surface area contributed by atoms with Crippen molar-refractivity contribution in [1.29, 1.82) is 0 Å². The van der Waals surface area contributed by atoms with E-state index in [0.717, 1.165) is 17.7 Å². The Kier molecular flexibility index (Phi) is 4.32. The second-order valence-corrected chi connectivity index (χ2v) is 4.30. The van der Waals surface area contributed by atoms with Crippen molar-refractivity contribution in [1.82, 2.24) is 4.98 Å². The number of halogens is 3. The molecular weight excluding hydrogens is 285 g/mol. The van der Waals surface area contributed by atoms with Crippen molar-refractivity contribution in [2.45, 2.75) is 12.8 Å². The summed E-state index contributed by atoms with van der Waals surface area (Å²) in [4.78, 5) is 3.74. The lowest BCUT2D eigenvalue weighted by Crippen LogP contribution is -2.07. The molecule has 0 radical (unpaired) electrons. The summed E-state index contributed by atoms with van der Waals surface area (Å²) in [5, 5.41) is 0. The maximum atomic E-state index is 12.7. The first kappa shape index (κ1) is 15.1. The van der Waals surface area contributed by atoms with Crippen LogP contribution < -0.4 is 10.5 Å². The molecule has 0 fully saturated rings. The largest absolute Gasteiger partial charge is 0.439 e. The molecule has 1 aromatic carbocycles. The number of nitrogens with two attached hydrogens (primary N) is 1. The van der Waals surface area contributed by atoms with E-state index in [1.54, 1.807) is 25.3 Å². The smallest absolute Gasteiger partial charge is 0.416 e. The zero-order valence-corrected chi connectivity index (χ0v) is 11.1. The fourth-order valence-corrected chi connectivity index (χ4v) is 1.73. The van der Waals surface area contributed by atoms with E-state index in [-0.39, 0.29) is 11.7 Å². The second kappa shape index (κ2) is 6.01. The molecule has 7 heteroatoms. The van der Waals surface area contributed by atoms with Crippen LogP contribution in [-0.4, -0.2) is 12.1 Å². The molecule has 2 aromatic rings. The van der Waals surface area contributed by atoms with Crippen molar-refractivity contribution >= 4 is 5.82 Å². The number of methoxy groups -OCH3 is 1. The molecule has 2 N–H and O–H groups in total. The zero-order valence-electron chi connectivity index (χ0n) is 11.1. The first-order valence-corrected chi connectivity index (χ1v) is 5.99. The Morgan fingerprint density at radius 2 is 1.95 bits per heavy atom. The van der Waals surface area contributed by atoms with Gasteiger partial charge in [-0.2, -0.15) is 18.2 Å². The molecule has 0 amide bonds. The van der Waals surface area contributed by atoms with Gasteiger partial charge >= 0.3 is 6.18 Å². The number of pyridine rings is 1. The summed E-state index contributed by atoms with van der Waals surface area (Å²) < 4.78 is 48.4. The number of benzene rings is 1. The van der Waals surface area contributed by atoms with Gasteiger partial charge in [0.15, 0.2) is 0 Å². The summed E-state index contributed by atoms with van der Waals surface area (Å²) in [7, 11) is 1.54. The quantitative estimate of drug-likeness (QED) is 0.936. The number of anilines is 1. The van der Waals surface area contributed by atoms with Gasteiger partial charge in [0.1, 0.15) is 11.6 Å². The highest BCUT2D eigenvalue weighted by Gasteiger charge is 2.31. The molecule has 0 aliphatic carbocycles. The lowest BCUT2D eigenvalue weighted by atomic mass is 10.2. The molecule has 2 rings (SSSR count). The fourth-order valence-electron chi connectivity index (χ4n) is 1.73. The van der Waals surface area contributed by atoms with E-state index in [2.05, 4.69) is 4.98 Å². The maximum Gasteiger partial charge on any atom is 0.416 e. The van der Waals surface area contributed by atoms with Crippen LogP contribution in [0.15, 0.2) is 36.4 Å². The van der Waals surface area contributed by atoms with Gasteiger partial charge in [0, 0.05) is 13.2 Å². The Labute approximate surface area is 119 Å². The predicted molar refractivity (Wildman–Crippen MR) is 70.9 cm³/mol. The minimum absolute atomic E-state index is 0.211. The molecule has 112 valence electrons. The first-order valence-electron chi connectivity index (χ1n) is 5.99. The van der Waals surface area contributed by atoms with E-state index >= 15 is 0 Å². The number of hydrogen-bond donors (Lipinski definition) is 1. The van der Waals surface area contributed by atoms with Crippen molar-refractivity contribution in [2.24, 2.45) is 0 Å². The van der Waals surface area contributed by atoms with Gasteiger partial charge in [0.2, 0.25) is 5.88 Å². The Hall–Kier alpha value is -2.28. The third kappa shape index (κ3) is 4.09. The number of nitrogen functional groups attached to an aromatic ring is 1. The van der Waals surface area contributed by atoms with Gasteiger partial charge in [-0.15, -0.1) is 0 Å². The monoisotopic (exact) mass is 298 g/mol. The van der Waals surface area contributed by atoms with Crippen molar-refractivity contribution < 1.29 is 22.6 Å². The molecule has 0 aliphatic rings. The Morgan fingerprint density at radius 3 is 2.62 bits per heavy atom. The van der Waals surface area contributed by atoms with Gasteiger partial charge in [-0.1, -0.05) is 12.1 Å². The van der Waals surface area contributed by atoms with Crippen LogP contribution in [0.25, 0.3) is 0 Å². The Balaban J connectivity index is 2.27. The summed E-state index contributed by atoms with van der Waals surface area (Å²) >= 11 is 0. The van der Waals surface area contributed by atoms with Gasteiger partial charge in [-0.05, 0) is 23.8 Å². The van der Waals surface area contributed by atoms with E-state index in [9.17, 15) is 13.2 Å². The van der Waals surface area contributed by atoms with Crippen LogP contribution in [0.3, 0.4) is 0 Å². The molecule has 0 atom stereocenters. The molecule has 0 unspecified atom stereocenters. The van der Waals surface area contributed by atoms with Gasteiger partial charge in [0.05, 0.1) is 12.2 Å². The second-order valence-electron chi connectivity index (χ2n) is 4.30. The van der Waals surface area contributed by atoms with E-state index in [1.807, 2.05) is 6.07 Å². The van der Waals surface area contributed by atoms with Crippen molar-refractivity contribution in [3.63, 3.8) is 0 Å². The number of alkyl halides is 3. The van der Waals surface area contributed by atoms with Crippen molar-refractivity contribution in [3.05, 3.63) is 47.5 Å². The maximum absolute atomic E-state index is 12.7. The highest BCUT2D eigenvalue weighted by molar-refractivity contribution is 5.40. The number of aromatic nitrogens is 1. The molecule has 1 heterocycles. The van der Waals surface area contributed by atoms with Crippen LogP contribution in [0.4, 0.5) is 19.0 Å². The third-order valence-electron chi connectivity index (χ3n) is 2.58. The highest BCUT2D eigenvalue weighted by atomic mass is 19.4. The summed E-state index contributed by atoms with van der Waals surface area (Å²) in [6.07, 6.45) is -4.51. The molecule has 0 saturated carbocycles. The Morgan fingerprint density at radius 1 is 1.19 bits per heavy atom. The summed E-state index contributed by atoms with van der Waals surface area (Å²) in [5.41, 5.74) is 5.30. The lowest BCUT2D eigenvalue weighted by Gasteiger charge is -2.11. The van der Waals surface area contributed by atoms with E-state index in [4.69, 9.17) is 15.2 Å². The van der Waals surface area contributed by atoms with Crippen LogP contribution >= 0.6 is 0 Å². The normalized spacial score (nSPS) is 11.4. The SMILES string of the molecule is COCc1cccc(Oc2cc(C(F)(F)F)cc(N)n2)c1. The molecule has 4 nitrogen and oxygen atoms in total. The van der Waals surface area contributed by atoms with Crippen molar-refractivity contribution in [2.75, 3.05) is 12.8 Å². The molecule has 1 aromatic heterocycles. The molecular formula is C14H13F3N2O2. The number of hydrogen-bond acceptors (Lipinski definition) is 4. The topological polar surface area (TPSA) is 57.4 Å². The minimum Gasteiger partial charge on any atom is -0.439 e. The van der Waals surface area contributed by atoms with Crippen molar-refractivity contribution in [3.8, 4) is 11.6 Å². The minimum atomic E-state index is -4.51. The zero-order chi connectivity index (χ0) is 15.5. The van der Waals surface area contributed by atoms with E-state index < -0.39 is 11.7 Å². The van der Waals surface area contributed by atoms with E-state index in [1.165, 1.54) is 0 Å². The van der Waals surface area contributed by atoms with Gasteiger partial charge in [-0.3, -0.25) is 0 Å². The number of rotatable bonds is 4. The van der Waals surface area contributed by atoms with E-state index in [0.29, 0.717) is 12.4 Å². The standard InChI is InChI=1S/C14H13F3N2O2/c1-20-8-9-3-2-4-11(5-9)21-13-7-10(14(15,16)17)6-12(18)19-13/h2-7H,8H2,1H3,(H2,18,19). The van der Waals surface area contributed by atoms with Crippen LogP contribution in [0.5, 0.6) is 11.6 Å². The number of ether oxygens (including phenoxy) is 2. The summed E-state index contributed by atoms with van der Waals surface area (Å²) in [6, 6.07) is 8.34.